The summed E-state index contributed by atoms with van der Waals surface area (Å²) in [5.74, 6) is 1.55. The minimum atomic E-state index is 0.622. The molecule has 18 heavy (non-hydrogen) atoms. The van der Waals surface area contributed by atoms with Gasteiger partial charge < -0.3 is 5.32 Å². The first kappa shape index (κ1) is 13.6. The van der Waals surface area contributed by atoms with Crippen molar-refractivity contribution >= 4 is 0 Å². The molecular weight excluding hydrogens is 218 g/mol. The van der Waals surface area contributed by atoms with Crippen LogP contribution in [0.4, 0.5) is 0 Å². The topological polar surface area (TPSA) is 12.0 Å². The SMILES string of the molecule is CC(CNCC1CCCCCC1)c1ccccc1. The van der Waals surface area contributed by atoms with Crippen LogP contribution >= 0.6 is 0 Å². The Kier molecular flexibility index (Phi) is 5.73. The van der Waals surface area contributed by atoms with Crippen molar-refractivity contribution in [3.05, 3.63) is 35.9 Å². The highest BCUT2D eigenvalue weighted by Crippen LogP contribution is 2.22. The van der Waals surface area contributed by atoms with Crippen LogP contribution in [0.5, 0.6) is 0 Å². The predicted molar refractivity (Wildman–Crippen MR) is 78.9 cm³/mol. The standard InChI is InChI=1S/C17H27N/c1-15(17-11-7-4-8-12-17)13-18-14-16-9-5-2-3-6-10-16/h4,7-8,11-12,15-16,18H,2-3,5-6,9-10,13-14H2,1H3. The lowest BCUT2D eigenvalue weighted by molar-refractivity contribution is 0.420. The van der Waals surface area contributed by atoms with Gasteiger partial charge in [0.1, 0.15) is 0 Å². The molecule has 1 fully saturated rings. The van der Waals surface area contributed by atoms with Crippen molar-refractivity contribution in [1.82, 2.24) is 5.32 Å². The molecule has 0 aromatic heterocycles. The van der Waals surface area contributed by atoms with Crippen molar-refractivity contribution < 1.29 is 0 Å². The van der Waals surface area contributed by atoms with E-state index < -0.39 is 0 Å². The van der Waals surface area contributed by atoms with Gasteiger partial charge in [0, 0.05) is 6.54 Å². The second kappa shape index (κ2) is 7.58. The van der Waals surface area contributed by atoms with Crippen LogP contribution in [0.3, 0.4) is 0 Å². The van der Waals surface area contributed by atoms with Gasteiger partial charge in [0.05, 0.1) is 0 Å². The Bertz CT molecular complexity index is 312. The van der Waals surface area contributed by atoms with Gasteiger partial charge in [-0.1, -0.05) is 62.9 Å². The largest absolute Gasteiger partial charge is 0.316 e. The summed E-state index contributed by atoms with van der Waals surface area (Å²) in [5, 5.41) is 3.68. The zero-order chi connectivity index (χ0) is 12.6. The van der Waals surface area contributed by atoms with E-state index in [9.17, 15) is 0 Å². The third-order valence-electron chi connectivity index (χ3n) is 4.23. The number of nitrogens with one attached hydrogen (secondary N) is 1. The van der Waals surface area contributed by atoms with Gasteiger partial charge in [-0.05, 0) is 36.8 Å². The van der Waals surface area contributed by atoms with Gasteiger partial charge in [-0.15, -0.1) is 0 Å². The van der Waals surface area contributed by atoms with E-state index in [1.54, 1.807) is 0 Å². The van der Waals surface area contributed by atoms with Crippen LogP contribution in [0.15, 0.2) is 30.3 Å². The molecule has 1 aliphatic carbocycles. The summed E-state index contributed by atoms with van der Waals surface area (Å²) in [5.41, 5.74) is 1.45. The van der Waals surface area contributed by atoms with Crippen LogP contribution in [-0.2, 0) is 0 Å². The minimum absolute atomic E-state index is 0.622. The van der Waals surface area contributed by atoms with Crippen molar-refractivity contribution in [2.45, 2.75) is 51.4 Å². The van der Waals surface area contributed by atoms with Gasteiger partial charge in [0.15, 0.2) is 0 Å². The van der Waals surface area contributed by atoms with Crippen LogP contribution < -0.4 is 5.32 Å². The molecule has 0 bridgehead atoms. The van der Waals surface area contributed by atoms with E-state index in [-0.39, 0.29) is 0 Å². The van der Waals surface area contributed by atoms with Crippen molar-refractivity contribution in [1.29, 1.82) is 0 Å². The third kappa shape index (κ3) is 4.45. The molecule has 100 valence electrons. The maximum atomic E-state index is 3.68. The summed E-state index contributed by atoms with van der Waals surface area (Å²) in [6.07, 6.45) is 8.68. The lowest BCUT2D eigenvalue weighted by Gasteiger charge is -2.17. The number of hydrogen-bond donors (Lipinski definition) is 1. The van der Waals surface area contributed by atoms with E-state index in [1.165, 1.54) is 50.6 Å². The first-order valence-electron chi connectivity index (χ1n) is 7.62. The fraction of sp³-hybridized carbons (Fsp3) is 0.647. The third-order valence-corrected chi connectivity index (χ3v) is 4.23. The fourth-order valence-electron chi connectivity index (χ4n) is 2.97. The maximum Gasteiger partial charge on any atom is 0.00176 e. The van der Waals surface area contributed by atoms with Crippen molar-refractivity contribution in [2.75, 3.05) is 13.1 Å². The zero-order valence-electron chi connectivity index (χ0n) is 11.7. The van der Waals surface area contributed by atoms with Crippen molar-refractivity contribution in [3.8, 4) is 0 Å². The highest BCUT2D eigenvalue weighted by Gasteiger charge is 2.12. The summed E-state index contributed by atoms with van der Waals surface area (Å²) in [6, 6.07) is 10.8. The van der Waals surface area contributed by atoms with E-state index in [2.05, 4.69) is 42.6 Å². The van der Waals surface area contributed by atoms with E-state index in [0.717, 1.165) is 12.5 Å². The number of benzene rings is 1. The summed E-state index contributed by atoms with van der Waals surface area (Å²) in [4.78, 5) is 0. The minimum Gasteiger partial charge on any atom is -0.316 e. The predicted octanol–water partition coefficient (Wildman–Crippen LogP) is 4.35. The molecule has 1 atom stereocenters. The second-order valence-electron chi connectivity index (χ2n) is 5.83. The molecule has 1 heteroatoms. The summed E-state index contributed by atoms with van der Waals surface area (Å²) >= 11 is 0. The molecule has 0 saturated heterocycles. The number of hydrogen-bond acceptors (Lipinski definition) is 1. The molecule has 1 unspecified atom stereocenters. The zero-order valence-corrected chi connectivity index (χ0v) is 11.7. The first-order valence-corrected chi connectivity index (χ1v) is 7.62. The summed E-state index contributed by atoms with van der Waals surface area (Å²) in [6.45, 7) is 4.65. The Morgan fingerprint density at radius 1 is 1.06 bits per heavy atom. The molecular formula is C17H27N. The Balaban J connectivity index is 1.68. The van der Waals surface area contributed by atoms with Crippen LogP contribution in [0.1, 0.15) is 56.9 Å². The van der Waals surface area contributed by atoms with Crippen LogP contribution in [-0.4, -0.2) is 13.1 Å². The molecule has 1 N–H and O–H groups in total. The highest BCUT2D eigenvalue weighted by molar-refractivity contribution is 5.18. The molecule has 0 amide bonds. The molecule has 1 saturated carbocycles. The Morgan fingerprint density at radius 3 is 2.39 bits per heavy atom. The molecule has 0 spiro atoms. The normalized spacial score (nSPS) is 19.4. The van der Waals surface area contributed by atoms with Gasteiger partial charge in [-0.3, -0.25) is 0 Å². The van der Waals surface area contributed by atoms with Gasteiger partial charge in [-0.25, -0.2) is 0 Å². The van der Waals surface area contributed by atoms with Crippen molar-refractivity contribution in [3.63, 3.8) is 0 Å². The number of rotatable bonds is 5. The van der Waals surface area contributed by atoms with E-state index >= 15 is 0 Å². The van der Waals surface area contributed by atoms with E-state index in [4.69, 9.17) is 0 Å². The summed E-state index contributed by atoms with van der Waals surface area (Å²) in [7, 11) is 0. The monoisotopic (exact) mass is 245 g/mol. The van der Waals surface area contributed by atoms with Gasteiger partial charge >= 0.3 is 0 Å². The quantitative estimate of drug-likeness (QED) is 0.760. The van der Waals surface area contributed by atoms with Crippen LogP contribution in [0.25, 0.3) is 0 Å². The Hall–Kier alpha value is -0.820. The van der Waals surface area contributed by atoms with Gasteiger partial charge in [0.2, 0.25) is 0 Å². The lowest BCUT2D eigenvalue weighted by atomic mass is 9.98. The van der Waals surface area contributed by atoms with Crippen LogP contribution in [0.2, 0.25) is 0 Å². The summed E-state index contributed by atoms with van der Waals surface area (Å²) < 4.78 is 0. The molecule has 0 heterocycles. The molecule has 1 aromatic rings. The smallest absolute Gasteiger partial charge is 0.00176 e. The van der Waals surface area contributed by atoms with E-state index in [1.807, 2.05) is 0 Å². The molecule has 0 radical (unpaired) electrons. The van der Waals surface area contributed by atoms with Gasteiger partial charge in [0.25, 0.3) is 0 Å². The van der Waals surface area contributed by atoms with Crippen LogP contribution in [0, 0.1) is 5.92 Å². The van der Waals surface area contributed by atoms with Crippen molar-refractivity contribution in [2.24, 2.45) is 5.92 Å². The Labute approximate surface area is 112 Å². The highest BCUT2D eigenvalue weighted by atomic mass is 14.9. The molecule has 2 rings (SSSR count). The second-order valence-corrected chi connectivity index (χ2v) is 5.83. The first-order chi connectivity index (χ1) is 8.86. The van der Waals surface area contributed by atoms with Gasteiger partial charge in [-0.2, -0.15) is 0 Å². The molecule has 1 aliphatic rings. The molecule has 0 aliphatic heterocycles. The lowest BCUT2D eigenvalue weighted by Crippen LogP contribution is -2.26. The average molecular weight is 245 g/mol. The maximum absolute atomic E-state index is 3.68. The average Bonchev–Trinajstić information content (AvgIpc) is 2.68. The molecule has 1 aromatic carbocycles. The Morgan fingerprint density at radius 2 is 1.72 bits per heavy atom. The fourth-order valence-corrected chi connectivity index (χ4v) is 2.97. The van der Waals surface area contributed by atoms with E-state index in [0.29, 0.717) is 5.92 Å². The molecule has 1 nitrogen and oxygen atoms in total.